The predicted molar refractivity (Wildman–Crippen MR) is 87.0 cm³/mol. The second kappa shape index (κ2) is 6.44. The minimum absolute atomic E-state index is 0.0530. The maximum atomic E-state index is 13.5. The number of H-pyrrole nitrogens is 1. The molecule has 0 radical (unpaired) electrons. The predicted octanol–water partition coefficient (Wildman–Crippen LogP) is 2.64. The molecule has 23 heavy (non-hydrogen) atoms. The molecule has 3 rings (SSSR count). The quantitative estimate of drug-likeness (QED) is 0.778. The second-order valence-corrected chi connectivity index (χ2v) is 5.20. The number of benzene rings is 2. The zero-order valence-electron chi connectivity index (χ0n) is 12.3. The third kappa shape index (κ3) is 3.29. The average molecular weight is 310 g/mol. The van der Waals surface area contributed by atoms with Gasteiger partial charge in [-0.05, 0) is 35.6 Å². The van der Waals surface area contributed by atoms with Crippen LogP contribution in [0.3, 0.4) is 0 Å². The lowest BCUT2D eigenvalue weighted by atomic mass is 10.1. The monoisotopic (exact) mass is 310 g/mol. The summed E-state index contributed by atoms with van der Waals surface area (Å²) in [5.74, 6) is -0.765. The molecule has 2 N–H and O–H groups in total. The third-order valence-corrected chi connectivity index (χ3v) is 3.64. The smallest absolute Gasteiger partial charge is 0.261 e. The summed E-state index contributed by atoms with van der Waals surface area (Å²) in [5.41, 5.74) is 0.824. The molecule has 5 heteroatoms. The summed E-state index contributed by atoms with van der Waals surface area (Å²) in [4.78, 5) is 26.8. The molecule has 1 aromatic heterocycles. The molecule has 0 saturated carbocycles. The number of hydrogen-bond donors (Lipinski definition) is 2. The molecular weight excluding hydrogens is 295 g/mol. The van der Waals surface area contributed by atoms with Crippen LogP contribution in [0.4, 0.5) is 4.39 Å². The lowest BCUT2D eigenvalue weighted by Crippen LogP contribution is -2.31. The van der Waals surface area contributed by atoms with E-state index in [0.29, 0.717) is 17.5 Å². The summed E-state index contributed by atoms with van der Waals surface area (Å²) >= 11 is 0. The highest BCUT2D eigenvalue weighted by molar-refractivity contribution is 5.97. The second-order valence-electron chi connectivity index (χ2n) is 5.20. The van der Waals surface area contributed by atoms with E-state index in [-0.39, 0.29) is 17.9 Å². The minimum atomic E-state index is -0.464. The molecule has 4 nitrogen and oxygen atoms in total. The van der Waals surface area contributed by atoms with Crippen molar-refractivity contribution >= 4 is 16.8 Å². The first-order chi connectivity index (χ1) is 11.1. The fourth-order valence-electron chi connectivity index (χ4n) is 2.42. The van der Waals surface area contributed by atoms with E-state index in [2.05, 4.69) is 10.3 Å². The van der Waals surface area contributed by atoms with Gasteiger partial charge in [-0.1, -0.05) is 36.4 Å². The molecule has 116 valence electrons. The number of carbonyl (C=O) groups excluding carboxylic acids is 1. The zero-order valence-corrected chi connectivity index (χ0v) is 12.3. The Morgan fingerprint density at radius 3 is 2.65 bits per heavy atom. The number of amides is 1. The van der Waals surface area contributed by atoms with Gasteiger partial charge in [-0.25, -0.2) is 4.39 Å². The fourth-order valence-corrected chi connectivity index (χ4v) is 2.42. The number of aromatic nitrogens is 1. The van der Waals surface area contributed by atoms with E-state index in [1.165, 1.54) is 6.07 Å². The van der Waals surface area contributed by atoms with Crippen LogP contribution in [0.2, 0.25) is 0 Å². The van der Waals surface area contributed by atoms with Gasteiger partial charge in [-0.3, -0.25) is 9.59 Å². The van der Waals surface area contributed by atoms with Crippen molar-refractivity contribution in [2.75, 3.05) is 6.54 Å². The van der Waals surface area contributed by atoms with E-state index in [0.717, 1.165) is 5.39 Å². The normalized spacial score (nSPS) is 10.7. The maximum Gasteiger partial charge on any atom is 0.261 e. The van der Waals surface area contributed by atoms with Crippen LogP contribution in [0, 0.1) is 5.82 Å². The van der Waals surface area contributed by atoms with E-state index in [4.69, 9.17) is 0 Å². The summed E-state index contributed by atoms with van der Waals surface area (Å²) in [6.07, 6.45) is 0.365. The Hall–Kier alpha value is -2.95. The molecule has 1 amide bonds. The van der Waals surface area contributed by atoms with Crippen molar-refractivity contribution < 1.29 is 9.18 Å². The molecule has 2 aromatic carbocycles. The highest BCUT2D eigenvalue weighted by atomic mass is 19.1. The van der Waals surface area contributed by atoms with Crippen molar-refractivity contribution in [2.24, 2.45) is 0 Å². The molecule has 0 fully saturated rings. The molecule has 0 spiro atoms. The number of rotatable bonds is 4. The first-order valence-electron chi connectivity index (χ1n) is 7.29. The van der Waals surface area contributed by atoms with E-state index in [1.807, 2.05) is 18.2 Å². The van der Waals surface area contributed by atoms with Gasteiger partial charge in [0.05, 0.1) is 0 Å². The first kappa shape index (κ1) is 15.0. The zero-order chi connectivity index (χ0) is 16.2. The number of para-hydroxylation sites is 1. The SMILES string of the molecule is O=C(NCCc1ccccc1F)c1cc2ccccc2[nH]c1=O. The highest BCUT2D eigenvalue weighted by Gasteiger charge is 2.11. The van der Waals surface area contributed by atoms with Crippen molar-refractivity contribution in [3.63, 3.8) is 0 Å². The topological polar surface area (TPSA) is 62.0 Å². The van der Waals surface area contributed by atoms with Crippen molar-refractivity contribution in [3.8, 4) is 0 Å². The molecule has 0 aliphatic rings. The summed E-state index contributed by atoms with van der Waals surface area (Å²) in [6.45, 7) is 0.256. The Labute approximate surface area is 132 Å². The van der Waals surface area contributed by atoms with Crippen LogP contribution in [-0.2, 0) is 6.42 Å². The van der Waals surface area contributed by atoms with E-state index >= 15 is 0 Å². The lowest BCUT2D eigenvalue weighted by Gasteiger charge is -2.06. The Balaban J connectivity index is 1.72. The average Bonchev–Trinajstić information content (AvgIpc) is 2.56. The fraction of sp³-hybridized carbons (Fsp3) is 0.111. The van der Waals surface area contributed by atoms with Crippen LogP contribution < -0.4 is 10.9 Å². The Morgan fingerprint density at radius 1 is 1.09 bits per heavy atom. The van der Waals surface area contributed by atoms with E-state index < -0.39 is 11.5 Å². The molecule has 0 unspecified atom stereocenters. The Bertz CT molecular complexity index is 918. The summed E-state index contributed by atoms with van der Waals surface area (Å²) in [6, 6.07) is 15.2. The minimum Gasteiger partial charge on any atom is -0.352 e. The van der Waals surface area contributed by atoms with E-state index in [1.54, 1.807) is 30.3 Å². The molecule has 0 aliphatic carbocycles. The number of nitrogens with one attached hydrogen (secondary N) is 2. The Morgan fingerprint density at radius 2 is 1.83 bits per heavy atom. The van der Waals surface area contributed by atoms with Crippen LogP contribution in [0.1, 0.15) is 15.9 Å². The van der Waals surface area contributed by atoms with Gasteiger partial charge in [-0.15, -0.1) is 0 Å². The largest absolute Gasteiger partial charge is 0.352 e. The van der Waals surface area contributed by atoms with Gasteiger partial charge in [0, 0.05) is 12.1 Å². The van der Waals surface area contributed by atoms with Gasteiger partial charge in [0.2, 0.25) is 0 Å². The summed E-state index contributed by atoms with van der Waals surface area (Å²) in [5, 5.41) is 3.44. The Kier molecular flexibility index (Phi) is 4.19. The number of fused-ring (bicyclic) bond motifs is 1. The van der Waals surface area contributed by atoms with Crippen LogP contribution in [-0.4, -0.2) is 17.4 Å². The summed E-state index contributed by atoms with van der Waals surface area (Å²) in [7, 11) is 0. The number of pyridine rings is 1. The van der Waals surface area contributed by atoms with Gasteiger partial charge in [0.1, 0.15) is 11.4 Å². The molecule has 0 atom stereocenters. The molecule has 0 bridgehead atoms. The van der Waals surface area contributed by atoms with Gasteiger partial charge in [0.15, 0.2) is 0 Å². The highest BCUT2D eigenvalue weighted by Crippen LogP contribution is 2.10. The van der Waals surface area contributed by atoms with Crippen molar-refractivity contribution in [2.45, 2.75) is 6.42 Å². The van der Waals surface area contributed by atoms with E-state index in [9.17, 15) is 14.0 Å². The molecular formula is C18H15FN2O2. The molecule has 0 aliphatic heterocycles. The van der Waals surface area contributed by atoms with Gasteiger partial charge in [0.25, 0.3) is 11.5 Å². The van der Waals surface area contributed by atoms with Crippen molar-refractivity contribution in [3.05, 3.63) is 81.9 Å². The summed E-state index contributed by atoms with van der Waals surface area (Å²) < 4.78 is 13.5. The standard InChI is InChI=1S/C18H15FN2O2/c19-15-7-3-1-5-12(15)9-10-20-17(22)14-11-13-6-2-4-8-16(13)21-18(14)23/h1-8,11H,9-10H2,(H,20,22)(H,21,23). The molecule has 3 aromatic rings. The molecule has 0 saturated heterocycles. The first-order valence-corrected chi connectivity index (χ1v) is 7.29. The van der Waals surface area contributed by atoms with Gasteiger partial charge >= 0.3 is 0 Å². The van der Waals surface area contributed by atoms with Gasteiger partial charge < -0.3 is 10.3 Å². The van der Waals surface area contributed by atoms with Crippen LogP contribution in [0.15, 0.2) is 59.4 Å². The van der Waals surface area contributed by atoms with Crippen LogP contribution in [0.25, 0.3) is 10.9 Å². The number of carbonyl (C=O) groups is 1. The third-order valence-electron chi connectivity index (χ3n) is 3.64. The van der Waals surface area contributed by atoms with Crippen molar-refractivity contribution in [1.29, 1.82) is 0 Å². The molecule has 1 heterocycles. The number of aromatic amines is 1. The van der Waals surface area contributed by atoms with Crippen LogP contribution in [0.5, 0.6) is 0 Å². The van der Waals surface area contributed by atoms with Crippen molar-refractivity contribution in [1.82, 2.24) is 10.3 Å². The van der Waals surface area contributed by atoms with Gasteiger partial charge in [-0.2, -0.15) is 0 Å². The number of hydrogen-bond acceptors (Lipinski definition) is 2. The maximum absolute atomic E-state index is 13.5. The lowest BCUT2D eigenvalue weighted by molar-refractivity contribution is 0.0952. The van der Waals surface area contributed by atoms with Crippen LogP contribution >= 0.6 is 0 Å². The number of halogens is 1.